The lowest BCUT2D eigenvalue weighted by molar-refractivity contribution is -0.125. The quantitative estimate of drug-likeness (QED) is 0.264. The Morgan fingerprint density at radius 2 is 1.96 bits per heavy atom. The molecule has 8 heteroatoms. The van der Waals surface area contributed by atoms with Crippen LogP contribution in [0.5, 0.6) is 0 Å². The van der Waals surface area contributed by atoms with E-state index in [-0.39, 0.29) is 41.8 Å². The fourth-order valence-corrected chi connectivity index (χ4v) is 3.63. The van der Waals surface area contributed by atoms with Crippen molar-refractivity contribution in [2.75, 3.05) is 19.6 Å². The SMILES string of the molecule is CCN=C(NC1CCC1)N1CCC(C2(C)NC(=O)NC2=O)CC1.I. The third-order valence-electron chi connectivity index (χ3n) is 5.43. The van der Waals surface area contributed by atoms with Crippen molar-refractivity contribution in [1.82, 2.24) is 20.9 Å². The highest BCUT2D eigenvalue weighted by Gasteiger charge is 2.48. The van der Waals surface area contributed by atoms with Gasteiger partial charge in [0.05, 0.1) is 0 Å². The molecule has 2 saturated heterocycles. The Bertz CT molecular complexity index is 515. The molecule has 3 fully saturated rings. The van der Waals surface area contributed by atoms with Crippen LogP contribution in [0.25, 0.3) is 0 Å². The minimum atomic E-state index is -0.771. The van der Waals surface area contributed by atoms with Gasteiger partial charge in [0, 0.05) is 25.7 Å². The predicted molar refractivity (Wildman–Crippen MR) is 104 cm³/mol. The van der Waals surface area contributed by atoms with Gasteiger partial charge in [0.15, 0.2) is 5.96 Å². The number of nitrogens with one attached hydrogen (secondary N) is 3. The molecule has 1 aliphatic carbocycles. The number of aliphatic imine (C=N–C) groups is 1. The fourth-order valence-electron chi connectivity index (χ4n) is 3.63. The van der Waals surface area contributed by atoms with Crippen molar-refractivity contribution in [2.24, 2.45) is 10.9 Å². The number of halogens is 1. The number of carbonyl (C=O) groups is 2. The number of amides is 3. The molecule has 0 aromatic rings. The first kappa shape index (κ1) is 19.3. The second-order valence-electron chi connectivity index (χ2n) is 6.94. The Morgan fingerprint density at radius 3 is 2.42 bits per heavy atom. The number of urea groups is 1. The zero-order valence-electron chi connectivity index (χ0n) is 14.4. The summed E-state index contributed by atoms with van der Waals surface area (Å²) in [6.07, 6.45) is 5.50. The number of hydrogen-bond acceptors (Lipinski definition) is 3. The first-order chi connectivity index (χ1) is 11.0. The molecule has 136 valence electrons. The molecule has 7 nitrogen and oxygen atoms in total. The third-order valence-corrected chi connectivity index (χ3v) is 5.43. The highest BCUT2D eigenvalue weighted by Crippen LogP contribution is 2.31. The van der Waals surface area contributed by atoms with Crippen molar-refractivity contribution in [3.05, 3.63) is 0 Å². The van der Waals surface area contributed by atoms with E-state index in [0.717, 1.165) is 38.4 Å². The number of likely N-dealkylation sites (tertiary alicyclic amines) is 1. The summed E-state index contributed by atoms with van der Waals surface area (Å²) < 4.78 is 0. The Hall–Kier alpha value is -1.06. The Balaban J connectivity index is 0.00000208. The van der Waals surface area contributed by atoms with E-state index in [1.807, 2.05) is 6.92 Å². The third kappa shape index (κ3) is 3.78. The van der Waals surface area contributed by atoms with Crippen molar-refractivity contribution >= 4 is 41.9 Å². The van der Waals surface area contributed by atoms with Crippen LogP contribution in [-0.4, -0.2) is 54.0 Å². The van der Waals surface area contributed by atoms with E-state index in [1.54, 1.807) is 0 Å². The van der Waals surface area contributed by atoms with Crippen molar-refractivity contribution in [3.63, 3.8) is 0 Å². The average Bonchev–Trinajstić information content (AvgIpc) is 2.75. The van der Waals surface area contributed by atoms with Crippen molar-refractivity contribution < 1.29 is 9.59 Å². The Morgan fingerprint density at radius 1 is 1.29 bits per heavy atom. The minimum Gasteiger partial charge on any atom is -0.354 e. The molecule has 3 N–H and O–H groups in total. The van der Waals surface area contributed by atoms with Gasteiger partial charge in [-0.15, -0.1) is 24.0 Å². The van der Waals surface area contributed by atoms with Crippen molar-refractivity contribution in [1.29, 1.82) is 0 Å². The van der Waals surface area contributed by atoms with Crippen LogP contribution in [0, 0.1) is 5.92 Å². The lowest BCUT2D eigenvalue weighted by atomic mass is 9.79. The molecule has 2 aliphatic heterocycles. The number of carbonyl (C=O) groups excluding carboxylic acids is 2. The maximum Gasteiger partial charge on any atom is 0.322 e. The van der Waals surface area contributed by atoms with Gasteiger partial charge >= 0.3 is 6.03 Å². The molecule has 0 aromatic heterocycles. The molecular formula is C16H28IN5O2. The molecule has 2 heterocycles. The van der Waals surface area contributed by atoms with Gasteiger partial charge in [-0.3, -0.25) is 15.1 Å². The summed E-state index contributed by atoms with van der Waals surface area (Å²) in [7, 11) is 0. The first-order valence-corrected chi connectivity index (χ1v) is 8.72. The van der Waals surface area contributed by atoms with Gasteiger partial charge in [-0.25, -0.2) is 4.79 Å². The molecule has 0 radical (unpaired) electrons. The average molecular weight is 449 g/mol. The van der Waals surface area contributed by atoms with Crippen LogP contribution in [0.15, 0.2) is 4.99 Å². The van der Waals surface area contributed by atoms with E-state index in [0.29, 0.717) is 6.04 Å². The number of nitrogens with zero attached hydrogens (tertiary/aromatic N) is 2. The molecule has 3 amide bonds. The molecule has 1 saturated carbocycles. The molecule has 3 aliphatic rings. The monoisotopic (exact) mass is 449 g/mol. The Labute approximate surface area is 160 Å². The summed E-state index contributed by atoms with van der Waals surface area (Å²) in [6.45, 7) is 6.38. The largest absolute Gasteiger partial charge is 0.354 e. The van der Waals surface area contributed by atoms with Crippen LogP contribution in [-0.2, 0) is 4.79 Å². The van der Waals surface area contributed by atoms with Crippen LogP contribution < -0.4 is 16.0 Å². The van der Waals surface area contributed by atoms with E-state index in [2.05, 4.69) is 32.8 Å². The van der Waals surface area contributed by atoms with E-state index < -0.39 is 5.54 Å². The van der Waals surface area contributed by atoms with Gasteiger partial charge in [0.1, 0.15) is 5.54 Å². The lowest BCUT2D eigenvalue weighted by Gasteiger charge is -2.41. The molecule has 24 heavy (non-hydrogen) atoms. The molecule has 0 aromatic carbocycles. The normalized spacial score (nSPS) is 28.8. The number of imide groups is 1. The molecule has 0 spiro atoms. The van der Waals surface area contributed by atoms with Gasteiger partial charge < -0.3 is 15.5 Å². The van der Waals surface area contributed by atoms with Gasteiger partial charge in [-0.1, -0.05) is 0 Å². The zero-order valence-corrected chi connectivity index (χ0v) is 16.8. The van der Waals surface area contributed by atoms with Gasteiger partial charge in [0.2, 0.25) is 0 Å². The molecule has 3 rings (SSSR count). The second-order valence-corrected chi connectivity index (χ2v) is 6.94. The van der Waals surface area contributed by atoms with Crippen molar-refractivity contribution in [3.8, 4) is 0 Å². The maximum absolute atomic E-state index is 12.1. The van der Waals surface area contributed by atoms with Gasteiger partial charge in [-0.05, 0) is 51.9 Å². The van der Waals surface area contributed by atoms with Crippen molar-refractivity contribution in [2.45, 2.75) is 57.5 Å². The number of hydrogen-bond donors (Lipinski definition) is 3. The van der Waals surface area contributed by atoms with E-state index in [9.17, 15) is 9.59 Å². The van der Waals surface area contributed by atoms with Crippen LogP contribution in [0.4, 0.5) is 4.79 Å². The second kappa shape index (κ2) is 7.88. The fraction of sp³-hybridized carbons (Fsp3) is 0.812. The van der Waals surface area contributed by atoms with Gasteiger partial charge in [0.25, 0.3) is 5.91 Å². The summed E-state index contributed by atoms with van der Waals surface area (Å²) in [5.41, 5.74) is -0.771. The topological polar surface area (TPSA) is 85.8 Å². The van der Waals surface area contributed by atoms with E-state index >= 15 is 0 Å². The number of rotatable bonds is 3. The molecule has 1 atom stereocenters. The summed E-state index contributed by atoms with van der Waals surface area (Å²) >= 11 is 0. The van der Waals surface area contributed by atoms with Crippen LogP contribution in [0.3, 0.4) is 0 Å². The standard InChI is InChI=1S/C16H27N5O2.HI/c1-3-17-14(18-12-5-4-6-12)21-9-7-11(8-10-21)16(2)13(22)19-15(23)20-16;/h11-12H,3-10H2,1-2H3,(H,17,18)(H2,19,20,22,23);1H. The van der Waals surface area contributed by atoms with E-state index in [1.165, 1.54) is 19.3 Å². The Kier molecular flexibility index (Phi) is 6.33. The van der Waals surface area contributed by atoms with Crippen LogP contribution in [0.1, 0.15) is 46.0 Å². The van der Waals surface area contributed by atoms with Gasteiger partial charge in [-0.2, -0.15) is 0 Å². The highest BCUT2D eigenvalue weighted by molar-refractivity contribution is 14.0. The molecule has 0 bridgehead atoms. The highest BCUT2D eigenvalue weighted by atomic mass is 127. The summed E-state index contributed by atoms with van der Waals surface area (Å²) in [6, 6.07) is 0.190. The first-order valence-electron chi connectivity index (χ1n) is 8.72. The van der Waals surface area contributed by atoms with Crippen LogP contribution in [0.2, 0.25) is 0 Å². The predicted octanol–water partition coefficient (Wildman–Crippen LogP) is 1.43. The number of piperidine rings is 1. The minimum absolute atomic E-state index is 0. The van der Waals surface area contributed by atoms with E-state index in [4.69, 9.17) is 0 Å². The summed E-state index contributed by atoms with van der Waals surface area (Å²) in [4.78, 5) is 30.4. The maximum atomic E-state index is 12.1. The lowest BCUT2D eigenvalue weighted by Crippen LogP contribution is -2.56. The summed E-state index contributed by atoms with van der Waals surface area (Å²) in [5.74, 6) is 0.966. The smallest absolute Gasteiger partial charge is 0.322 e. The molecule has 1 unspecified atom stereocenters. The number of guanidine groups is 1. The molecular weight excluding hydrogens is 421 g/mol. The zero-order chi connectivity index (χ0) is 16.4. The summed E-state index contributed by atoms with van der Waals surface area (Å²) in [5, 5.41) is 8.73. The van der Waals surface area contributed by atoms with Crippen LogP contribution >= 0.6 is 24.0 Å².